The first-order valence-electron chi connectivity index (χ1n) is 11.2. The molecule has 34 heavy (non-hydrogen) atoms. The summed E-state index contributed by atoms with van der Waals surface area (Å²) in [6, 6.07) is 13.0. The molecule has 2 N–H and O–H groups in total. The molecule has 1 aliphatic rings. The summed E-state index contributed by atoms with van der Waals surface area (Å²) in [6.07, 6.45) is 0.341. The lowest BCUT2D eigenvalue weighted by atomic mass is 9.77. The summed E-state index contributed by atoms with van der Waals surface area (Å²) >= 11 is 7.44. The Morgan fingerprint density at radius 3 is 2.56 bits per heavy atom. The van der Waals surface area contributed by atoms with Crippen LogP contribution < -0.4 is 5.32 Å². The van der Waals surface area contributed by atoms with Crippen LogP contribution in [0.4, 0.5) is 9.80 Å². The maximum atomic E-state index is 13.1. The number of aromatic nitrogens is 1. The van der Waals surface area contributed by atoms with Crippen LogP contribution in [0.1, 0.15) is 64.6 Å². The zero-order chi connectivity index (χ0) is 24.6. The maximum Gasteiger partial charge on any atom is 0.407 e. The molecular weight excluding hydrogens is 470 g/mol. The number of rotatable bonds is 4. The topological polar surface area (TPSA) is 82.5 Å². The number of carbonyl (C=O) groups is 2. The van der Waals surface area contributed by atoms with Crippen molar-refractivity contribution in [2.75, 3.05) is 11.9 Å². The van der Waals surface area contributed by atoms with Gasteiger partial charge in [-0.3, -0.25) is 4.79 Å². The van der Waals surface area contributed by atoms with E-state index in [1.54, 1.807) is 6.07 Å². The van der Waals surface area contributed by atoms with Crippen LogP contribution in [-0.4, -0.2) is 33.5 Å². The summed E-state index contributed by atoms with van der Waals surface area (Å²) in [5.74, 6) is -0.194. The van der Waals surface area contributed by atoms with Crippen molar-refractivity contribution in [3.63, 3.8) is 0 Å². The zero-order valence-electron chi connectivity index (χ0n) is 19.7. The van der Waals surface area contributed by atoms with Gasteiger partial charge in [-0.05, 0) is 59.7 Å². The monoisotopic (exact) mass is 497 g/mol. The molecule has 4 rings (SSSR count). The van der Waals surface area contributed by atoms with Gasteiger partial charge in [0.05, 0.1) is 16.7 Å². The highest BCUT2D eigenvalue weighted by Crippen LogP contribution is 2.42. The number of hydrogen-bond donors (Lipinski definition) is 2. The number of nitrogens with zero attached hydrogens (tertiary/aromatic N) is 2. The standard InChI is InChI=1S/C26H28ClN3O3S/c1-15-24(34-21(28-15)13-16-5-8-19(27)9-6-16)29-23(31)18-7-10-20-17(14-18)11-12-30(25(32)33)22(20)26(2,3)4/h5-10,14,22H,11-13H2,1-4H3,(H,29,31)(H,32,33). The van der Waals surface area contributed by atoms with Crippen LogP contribution in [0.25, 0.3) is 0 Å². The molecule has 2 aromatic carbocycles. The van der Waals surface area contributed by atoms with Gasteiger partial charge >= 0.3 is 6.09 Å². The smallest absolute Gasteiger partial charge is 0.407 e. The molecule has 0 bridgehead atoms. The Balaban J connectivity index is 1.53. The molecule has 6 nitrogen and oxygen atoms in total. The Labute approximate surface area is 208 Å². The number of nitrogens with one attached hydrogen (secondary N) is 1. The molecule has 1 atom stereocenters. The van der Waals surface area contributed by atoms with Crippen LogP contribution in [-0.2, 0) is 12.8 Å². The predicted octanol–water partition coefficient (Wildman–Crippen LogP) is 6.57. The second kappa shape index (κ2) is 9.39. The largest absolute Gasteiger partial charge is 0.465 e. The number of fused-ring (bicyclic) bond motifs is 1. The van der Waals surface area contributed by atoms with Gasteiger partial charge in [-0.1, -0.05) is 50.6 Å². The van der Waals surface area contributed by atoms with E-state index in [-0.39, 0.29) is 17.4 Å². The molecule has 0 radical (unpaired) electrons. The summed E-state index contributed by atoms with van der Waals surface area (Å²) in [6.45, 7) is 8.42. The van der Waals surface area contributed by atoms with E-state index in [1.165, 1.54) is 16.2 Å². The van der Waals surface area contributed by atoms with E-state index in [1.807, 2.05) is 64.1 Å². The Morgan fingerprint density at radius 2 is 1.91 bits per heavy atom. The molecule has 2 amide bonds. The van der Waals surface area contributed by atoms with E-state index in [0.29, 0.717) is 30.0 Å². The van der Waals surface area contributed by atoms with Gasteiger partial charge in [-0.2, -0.15) is 0 Å². The fraction of sp³-hybridized carbons (Fsp3) is 0.346. The van der Waals surface area contributed by atoms with Crippen molar-refractivity contribution in [3.8, 4) is 0 Å². The molecule has 178 valence electrons. The first-order valence-corrected chi connectivity index (χ1v) is 12.4. The number of aryl methyl sites for hydroxylation is 1. The van der Waals surface area contributed by atoms with Gasteiger partial charge in [-0.25, -0.2) is 9.78 Å². The maximum absolute atomic E-state index is 13.1. The Hall–Kier alpha value is -2.90. The molecule has 0 spiro atoms. The van der Waals surface area contributed by atoms with Crippen molar-refractivity contribution in [2.24, 2.45) is 5.41 Å². The number of carboxylic acid groups (broad SMARTS) is 1. The minimum Gasteiger partial charge on any atom is -0.465 e. The average Bonchev–Trinajstić information content (AvgIpc) is 3.11. The molecule has 1 aliphatic heterocycles. The minimum absolute atomic E-state index is 0.194. The fourth-order valence-electron chi connectivity index (χ4n) is 4.50. The molecule has 0 saturated heterocycles. The summed E-state index contributed by atoms with van der Waals surface area (Å²) in [7, 11) is 0. The molecule has 0 saturated carbocycles. The van der Waals surface area contributed by atoms with Crippen molar-refractivity contribution in [1.29, 1.82) is 0 Å². The van der Waals surface area contributed by atoms with Gasteiger partial charge in [-0.15, -0.1) is 11.3 Å². The average molecular weight is 498 g/mol. The van der Waals surface area contributed by atoms with Gasteiger partial charge in [0.15, 0.2) is 0 Å². The quantitative estimate of drug-likeness (QED) is 0.427. The lowest BCUT2D eigenvalue weighted by molar-refractivity contribution is 0.0758. The van der Waals surface area contributed by atoms with Gasteiger partial charge in [0.25, 0.3) is 5.91 Å². The van der Waals surface area contributed by atoms with Gasteiger partial charge in [0, 0.05) is 23.6 Å². The number of hydrogen-bond acceptors (Lipinski definition) is 4. The second-order valence-electron chi connectivity index (χ2n) is 9.69. The number of thiazole rings is 1. The van der Waals surface area contributed by atoms with Gasteiger partial charge in [0.2, 0.25) is 0 Å². The predicted molar refractivity (Wildman–Crippen MR) is 136 cm³/mol. The SMILES string of the molecule is Cc1nc(Cc2ccc(Cl)cc2)sc1NC(=O)c1ccc2c(c1)CCN(C(=O)O)C2C(C)(C)C. The van der Waals surface area contributed by atoms with E-state index in [0.717, 1.165) is 32.4 Å². The number of amides is 2. The Bertz CT molecular complexity index is 1230. The lowest BCUT2D eigenvalue weighted by Crippen LogP contribution is -2.44. The van der Waals surface area contributed by atoms with Crippen LogP contribution in [0, 0.1) is 12.3 Å². The van der Waals surface area contributed by atoms with E-state index in [9.17, 15) is 14.7 Å². The molecule has 2 heterocycles. The van der Waals surface area contributed by atoms with Gasteiger partial charge in [0.1, 0.15) is 5.00 Å². The van der Waals surface area contributed by atoms with Crippen LogP contribution in [0.3, 0.4) is 0 Å². The van der Waals surface area contributed by atoms with Crippen molar-refractivity contribution in [1.82, 2.24) is 9.88 Å². The summed E-state index contributed by atoms with van der Waals surface area (Å²) in [4.78, 5) is 31.0. The van der Waals surface area contributed by atoms with Crippen molar-refractivity contribution < 1.29 is 14.7 Å². The van der Waals surface area contributed by atoms with Crippen LogP contribution >= 0.6 is 22.9 Å². The summed E-state index contributed by atoms with van der Waals surface area (Å²) < 4.78 is 0. The normalized spacial score (nSPS) is 15.7. The van der Waals surface area contributed by atoms with E-state index < -0.39 is 6.09 Å². The molecule has 1 unspecified atom stereocenters. The first kappa shape index (κ1) is 24.2. The number of benzene rings is 2. The molecule has 3 aromatic rings. The molecular formula is C26H28ClN3O3S. The molecule has 0 fully saturated rings. The van der Waals surface area contributed by atoms with E-state index in [2.05, 4.69) is 10.3 Å². The van der Waals surface area contributed by atoms with Gasteiger partial charge < -0.3 is 15.3 Å². The third kappa shape index (κ3) is 5.10. The lowest BCUT2D eigenvalue weighted by Gasteiger charge is -2.43. The Kier molecular flexibility index (Phi) is 6.69. The third-order valence-electron chi connectivity index (χ3n) is 6.04. The van der Waals surface area contributed by atoms with Crippen molar-refractivity contribution >= 4 is 39.9 Å². The van der Waals surface area contributed by atoms with E-state index in [4.69, 9.17) is 11.6 Å². The number of anilines is 1. The van der Waals surface area contributed by atoms with Crippen LogP contribution in [0.2, 0.25) is 5.02 Å². The second-order valence-corrected chi connectivity index (χ2v) is 11.2. The summed E-state index contributed by atoms with van der Waals surface area (Å²) in [5, 5.41) is 15.0. The summed E-state index contributed by atoms with van der Waals surface area (Å²) in [5.41, 5.74) is 4.17. The van der Waals surface area contributed by atoms with E-state index >= 15 is 0 Å². The Morgan fingerprint density at radius 1 is 1.21 bits per heavy atom. The zero-order valence-corrected chi connectivity index (χ0v) is 21.3. The highest BCUT2D eigenvalue weighted by atomic mass is 35.5. The molecule has 0 aliphatic carbocycles. The highest BCUT2D eigenvalue weighted by molar-refractivity contribution is 7.16. The first-order chi connectivity index (χ1) is 16.0. The molecule has 1 aromatic heterocycles. The molecule has 8 heteroatoms. The number of halogens is 1. The van der Waals surface area contributed by atoms with Crippen LogP contribution in [0.5, 0.6) is 0 Å². The van der Waals surface area contributed by atoms with Crippen molar-refractivity contribution in [2.45, 2.75) is 46.6 Å². The van der Waals surface area contributed by atoms with Crippen LogP contribution in [0.15, 0.2) is 42.5 Å². The fourth-order valence-corrected chi connectivity index (χ4v) is 5.62. The third-order valence-corrected chi connectivity index (χ3v) is 7.36. The highest BCUT2D eigenvalue weighted by Gasteiger charge is 2.38. The van der Waals surface area contributed by atoms with Crippen molar-refractivity contribution in [3.05, 3.63) is 80.4 Å². The number of carbonyl (C=O) groups excluding carboxylic acids is 1. The minimum atomic E-state index is -0.914.